The Hall–Kier alpha value is -2.27. The van der Waals surface area contributed by atoms with Gasteiger partial charge in [-0.15, -0.1) is 0 Å². The second-order valence-corrected chi connectivity index (χ2v) is 5.33. The van der Waals surface area contributed by atoms with Gasteiger partial charge in [0.15, 0.2) is 0 Å². The molecule has 11 heteroatoms. The average molecular weight is 286 g/mol. The molecule has 0 aliphatic heterocycles. The first kappa shape index (κ1) is 13.2. The van der Waals surface area contributed by atoms with Crippen molar-refractivity contribution in [3.05, 3.63) is 34.3 Å². The summed E-state index contributed by atoms with van der Waals surface area (Å²) in [6, 6.07) is 1.68. The minimum atomic E-state index is -4.20. The minimum Gasteiger partial charge on any atom is -0.358 e. The monoisotopic (exact) mass is 286 g/mol. The van der Waals surface area contributed by atoms with Crippen LogP contribution in [0.15, 0.2) is 23.4 Å². The largest absolute Gasteiger partial charge is 0.410 e. The quantitative estimate of drug-likeness (QED) is 0.577. The molecule has 0 radical (unpaired) electrons. The first-order valence-electron chi connectivity index (χ1n) is 5.00. The lowest BCUT2D eigenvalue weighted by atomic mass is 10.4. The van der Waals surface area contributed by atoms with Crippen molar-refractivity contribution in [3.8, 4) is 0 Å². The fourth-order valence-corrected chi connectivity index (χ4v) is 2.15. The van der Waals surface area contributed by atoms with E-state index in [1.165, 1.54) is 0 Å². The van der Waals surface area contributed by atoms with Gasteiger partial charge in [0.1, 0.15) is 6.54 Å². The Labute approximate surface area is 107 Å². The highest BCUT2D eigenvalue weighted by molar-refractivity contribution is 7.89. The fraction of sp³-hybridized carbons (Fsp3) is 0.250. The van der Waals surface area contributed by atoms with Crippen LogP contribution in [0.25, 0.3) is 0 Å². The standard InChI is InChI=1S/C8H10N6O4S/c1-12-3-2-6(10-12)4-13-5-7(19(9,17)18)8(11-13)14(15)16/h2-3,5H,4H2,1H3,(H2,9,17,18). The molecule has 2 rings (SSSR count). The van der Waals surface area contributed by atoms with Gasteiger partial charge in [-0.3, -0.25) is 4.68 Å². The fourth-order valence-electron chi connectivity index (χ4n) is 1.51. The summed E-state index contributed by atoms with van der Waals surface area (Å²) >= 11 is 0. The molecule has 2 heterocycles. The van der Waals surface area contributed by atoms with Crippen LogP contribution in [0.3, 0.4) is 0 Å². The van der Waals surface area contributed by atoms with E-state index in [9.17, 15) is 18.5 Å². The summed E-state index contributed by atoms with van der Waals surface area (Å²) < 4.78 is 25.1. The molecule has 0 atom stereocenters. The Kier molecular flexibility index (Phi) is 3.08. The van der Waals surface area contributed by atoms with Crippen LogP contribution in [0, 0.1) is 10.1 Å². The van der Waals surface area contributed by atoms with Crippen molar-refractivity contribution >= 4 is 15.8 Å². The maximum Gasteiger partial charge on any atom is 0.410 e. The molecule has 0 aliphatic rings. The number of nitro groups is 1. The second kappa shape index (κ2) is 4.44. The number of sulfonamides is 1. The highest BCUT2D eigenvalue weighted by Gasteiger charge is 2.28. The maximum atomic E-state index is 11.2. The highest BCUT2D eigenvalue weighted by atomic mass is 32.2. The molecule has 19 heavy (non-hydrogen) atoms. The molecule has 0 spiro atoms. The van der Waals surface area contributed by atoms with E-state index in [4.69, 9.17) is 5.14 Å². The molecular formula is C8H10N6O4S. The molecule has 2 aromatic rings. The molecule has 2 N–H and O–H groups in total. The molecule has 10 nitrogen and oxygen atoms in total. The van der Waals surface area contributed by atoms with Crippen LogP contribution >= 0.6 is 0 Å². The van der Waals surface area contributed by atoms with Gasteiger partial charge in [0.2, 0.25) is 14.9 Å². The minimum absolute atomic E-state index is 0.108. The molecule has 0 bridgehead atoms. The van der Waals surface area contributed by atoms with E-state index in [2.05, 4.69) is 10.2 Å². The molecule has 0 aromatic carbocycles. The third-order valence-corrected chi connectivity index (χ3v) is 3.18. The number of aryl methyl sites for hydroxylation is 1. The molecule has 0 saturated carbocycles. The van der Waals surface area contributed by atoms with Crippen LogP contribution in [0.4, 0.5) is 5.82 Å². The number of nitrogens with two attached hydrogens (primary N) is 1. The number of hydrogen-bond acceptors (Lipinski definition) is 6. The van der Waals surface area contributed by atoms with Crippen molar-refractivity contribution in [1.82, 2.24) is 19.6 Å². The van der Waals surface area contributed by atoms with E-state index >= 15 is 0 Å². The second-order valence-electron chi connectivity index (χ2n) is 3.80. The van der Waals surface area contributed by atoms with Crippen molar-refractivity contribution in [2.75, 3.05) is 0 Å². The van der Waals surface area contributed by atoms with E-state index in [1.54, 1.807) is 24.0 Å². The van der Waals surface area contributed by atoms with Gasteiger partial charge in [0.25, 0.3) is 0 Å². The van der Waals surface area contributed by atoms with E-state index in [0.29, 0.717) is 5.69 Å². The van der Waals surface area contributed by atoms with Gasteiger partial charge in [-0.2, -0.15) is 9.78 Å². The van der Waals surface area contributed by atoms with E-state index in [-0.39, 0.29) is 6.54 Å². The third-order valence-electron chi connectivity index (χ3n) is 2.28. The summed E-state index contributed by atoms with van der Waals surface area (Å²) in [5.74, 6) is -0.793. The van der Waals surface area contributed by atoms with Crippen LogP contribution < -0.4 is 5.14 Å². The maximum absolute atomic E-state index is 11.2. The van der Waals surface area contributed by atoms with Crippen LogP contribution in [-0.2, 0) is 23.6 Å². The number of hydrogen-bond donors (Lipinski definition) is 1. The summed E-state index contributed by atoms with van der Waals surface area (Å²) in [6.45, 7) is 0.108. The zero-order valence-corrected chi connectivity index (χ0v) is 10.6. The third kappa shape index (κ3) is 2.77. The first-order chi connectivity index (χ1) is 8.77. The van der Waals surface area contributed by atoms with Gasteiger partial charge >= 0.3 is 5.82 Å². The summed E-state index contributed by atoms with van der Waals surface area (Å²) in [4.78, 5) is 9.22. The number of aromatic nitrogens is 4. The van der Waals surface area contributed by atoms with E-state index < -0.39 is 25.7 Å². The van der Waals surface area contributed by atoms with Crippen molar-refractivity contribution in [2.45, 2.75) is 11.4 Å². The molecule has 102 valence electrons. The van der Waals surface area contributed by atoms with Gasteiger partial charge in [-0.1, -0.05) is 0 Å². The number of rotatable bonds is 4. The Bertz CT molecular complexity index is 730. The van der Waals surface area contributed by atoms with E-state index in [1.807, 2.05) is 0 Å². The Morgan fingerprint density at radius 2 is 2.16 bits per heavy atom. The van der Waals surface area contributed by atoms with Crippen molar-refractivity contribution in [3.63, 3.8) is 0 Å². The number of primary sulfonamides is 1. The highest BCUT2D eigenvalue weighted by Crippen LogP contribution is 2.20. The Morgan fingerprint density at radius 1 is 1.47 bits per heavy atom. The van der Waals surface area contributed by atoms with Crippen molar-refractivity contribution in [2.24, 2.45) is 12.2 Å². The molecule has 2 aromatic heterocycles. The molecule has 0 fully saturated rings. The summed E-state index contributed by atoms with van der Waals surface area (Å²) in [5, 5.41) is 23.3. The number of nitrogens with zero attached hydrogens (tertiary/aromatic N) is 5. The lowest BCUT2D eigenvalue weighted by Crippen LogP contribution is -2.13. The lowest BCUT2D eigenvalue weighted by molar-refractivity contribution is -0.392. The van der Waals surface area contributed by atoms with Gasteiger partial charge in [0.05, 0.1) is 17.0 Å². The van der Waals surface area contributed by atoms with Gasteiger partial charge in [0, 0.05) is 13.2 Å². The van der Waals surface area contributed by atoms with Crippen molar-refractivity contribution in [1.29, 1.82) is 0 Å². The Balaban J connectivity index is 2.41. The van der Waals surface area contributed by atoms with Crippen LogP contribution in [0.1, 0.15) is 5.69 Å². The van der Waals surface area contributed by atoms with E-state index in [0.717, 1.165) is 10.9 Å². The topological polar surface area (TPSA) is 139 Å². The van der Waals surface area contributed by atoms with Gasteiger partial charge < -0.3 is 10.1 Å². The van der Waals surface area contributed by atoms with Gasteiger partial charge in [-0.25, -0.2) is 13.6 Å². The summed E-state index contributed by atoms with van der Waals surface area (Å²) in [5.41, 5.74) is 0.584. The van der Waals surface area contributed by atoms with Gasteiger partial charge in [-0.05, 0) is 11.0 Å². The zero-order chi connectivity index (χ0) is 14.2. The average Bonchev–Trinajstić information content (AvgIpc) is 2.85. The molecule has 0 amide bonds. The molecule has 0 unspecified atom stereocenters. The zero-order valence-electron chi connectivity index (χ0n) is 9.79. The SMILES string of the molecule is Cn1ccc(Cn2cc(S(N)(=O)=O)c([N+](=O)[O-])n2)n1. The van der Waals surface area contributed by atoms with Crippen molar-refractivity contribution < 1.29 is 13.3 Å². The molecule has 0 saturated heterocycles. The molecular weight excluding hydrogens is 276 g/mol. The van der Waals surface area contributed by atoms with Crippen LogP contribution in [0.2, 0.25) is 0 Å². The van der Waals surface area contributed by atoms with Crippen LogP contribution in [-0.4, -0.2) is 32.9 Å². The lowest BCUT2D eigenvalue weighted by Gasteiger charge is -1.92. The smallest absolute Gasteiger partial charge is 0.358 e. The predicted octanol–water partition coefficient (Wildman–Crippen LogP) is -0.779. The predicted molar refractivity (Wildman–Crippen MR) is 62.6 cm³/mol. The molecule has 0 aliphatic carbocycles. The summed E-state index contributed by atoms with van der Waals surface area (Å²) in [6.07, 6.45) is 2.70. The van der Waals surface area contributed by atoms with Crippen LogP contribution in [0.5, 0.6) is 0 Å². The normalized spacial score (nSPS) is 11.7. The summed E-state index contributed by atoms with van der Waals surface area (Å²) in [7, 11) is -2.48. The Morgan fingerprint density at radius 3 is 2.58 bits per heavy atom. The first-order valence-corrected chi connectivity index (χ1v) is 6.55.